The van der Waals surface area contributed by atoms with Crippen molar-refractivity contribution in [2.75, 3.05) is 13.6 Å². The first-order valence-electron chi connectivity index (χ1n) is 5.27. The van der Waals surface area contributed by atoms with Crippen LogP contribution in [0.1, 0.15) is 15.9 Å². The van der Waals surface area contributed by atoms with Crippen molar-refractivity contribution in [3.8, 4) is 0 Å². The van der Waals surface area contributed by atoms with Gasteiger partial charge in [0.05, 0.1) is 17.9 Å². The van der Waals surface area contributed by atoms with Gasteiger partial charge in [-0.2, -0.15) is 4.31 Å². The lowest BCUT2D eigenvalue weighted by molar-refractivity contribution is 0.0696. The average Bonchev–Trinajstić information content (AvgIpc) is 2.27. The Bertz CT molecular complexity index is 560. The number of rotatable bonds is 6. The summed E-state index contributed by atoms with van der Waals surface area (Å²) in [5.74, 6) is -1.70. The molecule has 0 amide bonds. The molecule has 1 aromatic rings. The van der Waals surface area contributed by atoms with E-state index in [4.69, 9.17) is 5.11 Å². The van der Waals surface area contributed by atoms with E-state index in [0.717, 1.165) is 7.05 Å². The van der Waals surface area contributed by atoms with Crippen molar-refractivity contribution < 1.29 is 27.1 Å². The molecule has 1 N–H and O–H groups in total. The topological polar surface area (TPSA) is 74.7 Å². The number of hydrogen-bond donors (Lipinski definition) is 1. The van der Waals surface area contributed by atoms with Gasteiger partial charge in [0, 0.05) is 7.05 Å². The predicted molar refractivity (Wildman–Crippen MR) is 64.7 cm³/mol. The maximum absolute atomic E-state index is 12.1. The normalized spacial score (nSPS) is 12.1. The summed E-state index contributed by atoms with van der Waals surface area (Å²) in [5, 5.41) is 8.78. The molecule has 0 bridgehead atoms. The maximum atomic E-state index is 12.1. The van der Waals surface area contributed by atoms with E-state index in [2.05, 4.69) is 0 Å². The van der Waals surface area contributed by atoms with Gasteiger partial charge >= 0.3 is 5.97 Å². The molecule has 0 unspecified atom stereocenters. The number of benzene rings is 1. The highest BCUT2D eigenvalue weighted by Gasteiger charge is 2.22. The number of carbonyl (C=O) groups is 1. The molecule has 1 rings (SSSR count). The zero-order valence-corrected chi connectivity index (χ0v) is 10.9. The van der Waals surface area contributed by atoms with Crippen LogP contribution in [0.3, 0.4) is 0 Å². The molecule has 0 atom stereocenters. The van der Waals surface area contributed by atoms with Gasteiger partial charge in [-0.25, -0.2) is 22.0 Å². The molecular formula is C11H13F2NO4S. The summed E-state index contributed by atoms with van der Waals surface area (Å²) in [6, 6.07) is 5.36. The summed E-state index contributed by atoms with van der Waals surface area (Å²) in [5.41, 5.74) is 0.185. The van der Waals surface area contributed by atoms with Crippen LogP contribution in [-0.4, -0.2) is 43.8 Å². The predicted octanol–water partition coefficient (Wildman–Crippen LogP) is 1.41. The largest absolute Gasteiger partial charge is 0.478 e. The fourth-order valence-corrected chi connectivity index (χ4v) is 2.58. The van der Waals surface area contributed by atoms with E-state index >= 15 is 0 Å². The van der Waals surface area contributed by atoms with Crippen LogP contribution in [0, 0.1) is 0 Å². The van der Waals surface area contributed by atoms with Crippen LogP contribution in [0.4, 0.5) is 8.78 Å². The van der Waals surface area contributed by atoms with E-state index in [1.807, 2.05) is 0 Å². The number of hydrogen-bond acceptors (Lipinski definition) is 3. The van der Waals surface area contributed by atoms with Gasteiger partial charge in [-0.15, -0.1) is 0 Å². The molecule has 0 aliphatic heterocycles. The van der Waals surface area contributed by atoms with Crippen LogP contribution in [-0.2, 0) is 15.8 Å². The molecule has 0 aromatic heterocycles. The molecule has 0 saturated carbocycles. The van der Waals surface area contributed by atoms with E-state index in [-0.39, 0.29) is 11.1 Å². The summed E-state index contributed by atoms with van der Waals surface area (Å²) in [7, 11) is -2.83. The van der Waals surface area contributed by atoms with Gasteiger partial charge in [-0.3, -0.25) is 0 Å². The van der Waals surface area contributed by atoms with E-state index in [0.29, 0.717) is 4.31 Å². The number of halogens is 2. The highest BCUT2D eigenvalue weighted by atomic mass is 32.2. The molecule has 19 heavy (non-hydrogen) atoms. The third kappa shape index (κ3) is 4.56. The lowest BCUT2D eigenvalue weighted by Crippen LogP contribution is -2.32. The van der Waals surface area contributed by atoms with Crippen molar-refractivity contribution in [2.24, 2.45) is 0 Å². The van der Waals surface area contributed by atoms with E-state index in [9.17, 15) is 22.0 Å². The summed E-state index contributed by atoms with van der Waals surface area (Å²) in [6.45, 7) is -0.888. The SMILES string of the molecule is CN(CC(F)F)S(=O)(=O)Cc1cccc(C(=O)O)c1. The molecule has 5 nitrogen and oxygen atoms in total. The molecule has 106 valence electrons. The molecule has 1 aromatic carbocycles. The Hall–Kier alpha value is -1.54. The number of nitrogens with zero attached hydrogens (tertiary/aromatic N) is 1. The van der Waals surface area contributed by atoms with Gasteiger partial charge < -0.3 is 5.11 Å². The highest BCUT2D eigenvalue weighted by Crippen LogP contribution is 2.13. The summed E-state index contributed by atoms with van der Waals surface area (Å²) < 4.78 is 48.4. The Balaban J connectivity index is 2.89. The first-order chi connectivity index (χ1) is 8.72. The Labute approximate surface area is 109 Å². The van der Waals surface area contributed by atoms with Crippen LogP contribution < -0.4 is 0 Å². The van der Waals surface area contributed by atoms with Crippen LogP contribution >= 0.6 is 0 Å². The second-order valence-corrected chi connectivity index (χ2v) is 6.01. The summed E-state index contributed by atoms with van der Waals surface area (Å²) in [6.07, 6.45) is -2.76. The lowest BCUT2D eigenvalue weighted by Gasteiger charge is -2.16. The van der Waals surface area contributed by atoms with Crippen molar-refractivity contribution in [1.82, 2.24) is 4.31 Å². The van der Waals surface area contributed by atoms with Crippen LogP contribution in [0.5, 0.6) is 0 Å². The van der Waals surface area contributed by atoms with Gasteiger partial charge in [0.25, 0.3) is 6.43 Å². The van der Waals surface area contributed by atoms with Gasteiger partial charge in [-0.1, -0.05) is 12.1 Å². The van der Waals surface area contributed by atoms with E-state index in [1.54, 1.807) is 0 Å². The third-order valence-electron chi connectivity index (χ3n) is 2.39. The first kappa shape index (κ1) is 15.5. The lowest BCUT2D eigenvalue weighted by atomic mass is 10.1. The maximum Gasteiger partial charge on any atom is 0.335 e. The fraction of sp³-hybridized carbons (Fsp3) is 0.364. The standard InChI is InChI=1S/C11H13F2NO4S/c1-14(6-10(12)13)19(17,18)7-8-3-2-4-9(5-8)11(15)16/h2-5,10H,6-7H2,1H3,(H,15,16). The Morgan fingerprint density at radius 2 is 2.05 bits per heavy atom. The quantitative estimate of drug-likeness (QED) is 0.860. The monoisotopic (exact) mass is 293 g/mol. The van der Waals surface area contributed by atoms with Gasteiger partial charge in [0.1, 0.15) is 0 Å². The minimum Gasteiger partial charge on any atom is -0.478 e. The molecule has 0 spiro atoms. The van der Waals surface area contributed by atoms with Crippen molar-refractivity contribution in [3.63, 3.8) is 0 Å². The smallest absolute Gasteiger partial charge is 0.335 e. The summed E-state index contributed by atoms with van der Waals surface area (Å²) in [4.78, 5) is 10.7. The number of sulfonamides is 1. The van der Waals surface area contributed by atoms with Crippen molar-refractivity contribution >= 4 is 16.0 Å². The van der Waals surface area contributed by atoms with E-state index < -0.39 is 34.7 Å². The molecule has 0 heterocycles. The Morgan fingerprint density at radius 3 is 2.58 bits per heavy atom. The van der Waals surface area contributed by atoms with Crippen molar-refractivity contribution in [2.45, 2.75) is 12.2 Å². The second-order valence-electron chi connectivity index (χ2n) is 3.93. The number of carboxylic acids is 1. The van der Waals surface area contributed by atoms with Gasteiger partial charge in [-0.05, 0) is 17.7 Å². The third-order valence-corrected chi connectivity index (χ3v) is 4.19. The van der Waals surface area contributed by atoms with Crippen LogP contribution in [0.2, 0.25) is 0 Å². The zero-order chi connectivity index (χ0) is 14.6. The van der Waals surface area contributed by atoms with Gasteiger partial charge in [0.15, 0.2) is 0 Å². The van der Waals surface area contributed by atoms with Crippen LogP contribution in [0.15, 0.2) is 24.3 Å². The molecule has 0 fully saturated rings. The number of alkyl halides is 2. The highest BCUT2D eigenvalue weighted by molar-refractivity contribution is 7.88. The van der Waals surface area contributed by atoms with Crippen LogP contribution in [0.25, 0.3) is 0 Å². The molecule has 8 heteroatoms. The molecule has 0 aliphatic carbocycles. The zero-order valence-electron chi connectivity index (χ0n) is 10.1. The number of carboxylic acid groups (broad SMARTS) is 1. The minimum absolute atomic E-state index is 0.0517. The molecule has 0 aliphatic rings. The van der Waals surface area contributed by atoms with Gasteiger partial charge in [0.2, 0.25) is 10.0 Å². The Morgan fingerprint density at radius 1 is 1.42 bits per heavy atom. The fourth-order valence-electron chi connectivity index (χ4n) is 1.42. The first-order valence-corrected chi connectivity index (χ1v) is 6.87. The molecular weight excluding hydrogens is 280 g/mol. The summed E-state index contributed by atoms with van der Waals surface area (Å²) >= 11 is 0. The molecule has 0 saturated heterocycles. The van der Waals surface area contributed by atoms with Crippen molar-refractivity contribution in [1.29, 1.82) is 0 Å². The van der Waals surface area contributed by atoms with E-state index in [1.165, 1.54) is 24.3 Å². The second kappa shape index (κ2) is 6.07. The van der Waals surface area contributed by atoms with Crippen molar-refractivity contribution in [3.05, 3.63) is 35.4 Å². The minimum atomic E-state index is -3.89. The molecule has 0 radical (unpaired) electrons. The Kier molecular flexibility index (Phi) is 4.96. The average molecular weight is 293 g/mol. The number of aromatic carboxylic acids is 1.